The third-order valence-corrected chi connectivity index (χ3v) is 4.95. The van der Waals surface area contributed by atoms with E-state index in [1.165, 1.54) is 25.3 Å². The number of hydrogen-bond acceptors (Lipinski definition) is 4. The quantitative estimate of drug-likeness (QED) is 0.436. The van der Waals surface area contributed by atoms with Crippen LogP contribution in [-0.2, 0) is 19.6 Å². The van der Waals surface area contributed by atoms with E-state index in [-0.39, 0.29) is 17.9 Å². The molecule has 0 N–H and O–H groups in total. The van der Waals surface area contributed by atoms with Gasteiger partial charge in [0.1, 0.15) is 6.04 Å². The zero-order valence-corrected chi connectivity index (χ0v) is 13.5. The second-order valence-corrected chi connectivity index (χ2v) is 6.52. The number of nitrogens with zero attached hydrogens (tertiary/aromatic N) is 1. The van der Waals surface area contributed by atoms with Crippen molar-refractivity contribution in [2.45, 2.75) is 24.3 Å². The average Bonchev–Trinajstić information content (AvgIpc) is 2.50. The number of aryl methyl sites for hydroxylation is 1. The van der Waals surface area contributed by atoms with Crippen LogP contribution in [0.15, 0.2) is 41.8 Å². The van der Waals surface area contributed by atoms with Crippen molar-refractivity contribution in [2.24, 2.45) is 0 Å². The van der Waals surface area contributed by atoms with E-state index in [0.29, 0.717) is 0 Å². The van der Waals surface area contributed by atoms with Crippen molar-refractivity contribution >= 4 is 16.0 Å². The number of ether oxygens (including phenoxy) is 1. The Morgan fingerprint density at radius 3 is 2.50 bits per heavy atom. The Morgan fingerprint density at radius 2 is 2.05 bits per heavy atom. The highest BCUT2D eigenvalue weighted by atomic mass is 32.2. The van der Waals surface area contributed by atoms with Crippen molar-refractivity contribution in [1.29, 1.82) is 0 Å². The van der Waals surface area contributed by atoms with Crippen LogP contribution in [0.1, 0.15) is 12.0 Å². The van der Waals surface area contributed by atoms with Gasteiger partial charge in [-0.1, -0.05) is 29.7 Å². The van der Waals surface area contributed by atoms with Crippen LogP contribution < -0.4 is 0 Å². The van der Waals surface area contributed by atoms with Crippen molar-refractivity contribution in [2.75, 3.05) is 13.7 Å². The van der Waals surface area contributed by atoms with Crippen molar-refractivity contribution in [3.05, 3.63) is 42.5 Å². The molecular weight excluding hydrogens is 302 g/mol. The molecule has 0 aromatic heterocycles. The smallest absolute Gasteiger partial charge is 0.324 e. The SMILES string of the molecule is C#CCN([C@@H](CC=C)C(=O)OC)S(=O)(=O)c1ccc(C)cc1. The number of esters is 1. The van der Waals surface area contributed by atoms with Crippen LogP contribution in [0, 0.1) is 19.3 Å². The zero-order chi connectivity index (χ0) is 16.8. The Hall–Kier alpha value is -2.10. The third kappa shape index (κ3) is 3.97. The third-order valence-electron chi connectivity index (χ3n) is 3.09. The van der Waals surface area contributed by atoms with E-state index < -0.39 is 22.0 Å². The number of terminal acetylenes is 1. The number of hydrogen-bond donors (Lipinski definition) is 0. The van der Waals surface area contributed by atoms with Gasteiger partial charge in [0.15, 0.2) is 0 Å². The predicted octanol–water partition coefficient (Wildman–Crippen LogP) is 1.74. The number of carbonyl (C=O) groups excluding carboxylic acids is 1. The van der Waals surface area contributed by atoms with E-state index in [1.54, 1.807) is 12.1 Å². The van der Waals surface area contributed by atoms with Crippen molar-refractivity contribution < 1.29 is 17.9 Å². The summed E-state index contributed by atoms with van der Waals surface area (Å²) in [5.74, 6) is 1.60. The molecule has 1 aromatic carbocycles. The van der Waals surface area contributed by atoms with Crippen molar-refractivity contribution in [3.8, 4) is 12.3 Å². The normalized spacial score (nSPS) is 12.5. The van der Waals surface area contributed by atoms with Gasteiger partial charge in [0.2, 0.25) is 10.0 Å². The molecule has 6 heteroatoms. The molecule has 0 amide bonds. The first kappa shape index (κ1) is 18.0. The molecule has 0 saturated carbocycles. The largest absolute Gasteiger partial charge is 0.468 e. The molecule has 0 unspecified atom stereocenters. The molecule has 0 aliphatic carbocycles. The summed E-state index contributed by atoms with van der Waals surface area (Å²) in [6.07, 6.45) is 6.83. The fourth-order valence-electron chi connectivity index (χ4n) is 1.92. The molecule has 22 heavy (non-hydrogen) atoms. The first-order valence-corrected chi connectivity index (χ1v) is 8.03. The molecule has 0 aliphatic rings. The molecule has 5 nitrogen and oxygen atoms in total. The molecule has 0 aliphatic heterocycles. The Bertz CT molecular complexity index is 671. The Kier molecular flexibility index (Phi) is 6.35. The maximum Gasteiger partial charge on any atom is 0.324 e. The van der Waals surface area contributed by atoms with Gasteiger partial charge in [0.25, 0.3) is 0 Å². The van der Waals surface area contributed by atoms with Crippen LogP contribution >= 0.6 is 0 Å². The van der Waals surface area contributed by atoms with E-state index in [0.717, 1.165) is 9.87 Å². The lowest BCUT2D eigenvalue weighted by Gasteiger charge is -2.26. The maximum atomic E-state index is 12.8. The van der Waals surface area contributed by atoms with Gasteiger partial charge in [0, 0.05) is 0 Å². The van der Waals surface area contributed by atoms with Crippen LogP contribution in [0.25, 0.3) is 0 Å². The molecule has 0 heterocycles. The molecule has 0 fully saturated rings. The summed E-state index contributed by atoms with van der Waals surface area (Å²) in [7, 11) is -2.71. The number of rotatable bonds is 7. The molecule has 0 saturated heterocycles. The topological polar surface area (TPSA) is 63.7 Å². The minimum atomic E-state index is -3.91. The fraction of sp³-hybridized carbons (Fsp3) is 0.312. The van der Waals surface area contributed by atoms with Gasteiger partial charge >= 0.3 is 5.97 Å². The molecular formula is C16H19NO4S. The number of sulfonamides is 1. The van der Waals surface area contributed by atoms with Gasteiger partial charge in [0.05, 0.1) is 18.6 Å². The Morgan fingerprint density at radius 1 is 1.45 bits per heavy atom. The minimum Gasteiger partial charge on any atom is -0.468 e. The molecule has 0 spiro atoms. The lowest BCUT2D eigenvalue weighted by atomic mass is 10.2. The fourth-order valence-corrected chi connectivity index (χ4v) is 3.43. The highest BCUT2D eigenvalue weighted by Crippen LogP contribution is 2.21. The lowest BCUT2D eigenvalue weighted by molar-refractivity contribution is -0.144. The summed E-state index contributed by atoms with van der Waals surface area (Å²) < 4.78 is 31.2. The molecule has 118 valence electrons. The van der Waals surface area contributed by atoms with Crippen LogP contribution in [0.2, 0.25) is 0 Å². The molecule has 1 rings (SSSR count). The average molecular weight is 321 g/mol. The van der Waals surface area contributed by atoms with E-state index in [4.69, 9.17) is 6.42 Å². The minimum absolute atomic E-state index is 0.0753. The Balaban J connectivity index is 3.32. The van der Waals surface area contributed by atoms with Crippen LogP contribution in [0.3, 0.4) is 0 Å². The van der Waals surface area contributed by atoms with E-state index in [9.17, 15) is 13.2 Å². The summed E-state index contributed by atoms with van der Waals surface area (Å²) in [4.78, 5) is 12.0. The summed E-state index contributed by atoms with van der Waals surface area (Å²) in [6.45, 7) is 5.16. The summed E-state index contributed by atoms with van der Waals surface area (Å²) in [6, 6.07) is 5.29. The summed E-state index contributed by atoms with van der Waals surface area (Å²) in [5, 5.41) is 0. The van der Waals surface area contributed by atoms with Gasteiger partial charge < -0.3 is 4.74 Å². The number of carbonyl (C=O) groups is 1. The summed E-state index contributed by atoms with van der Waals surface area (Å²) in [5.41, 5.74) is 0.929. The first-order valence-electron chi connectivity index (χ1n) is 6.59. The van der Waals surface area contributed by atoms with Gasteiger partial charge in [-0.15, -0.1) is 13.0 Å². The first-order chi connectivity index (χ1) is 10.4. The predicted molar refractivity (Wildman–Crippen MR) is 84.5 cm³/mol. The number of methoxy groups -OCH3 is 1. The van der Waals surface area contributed by atoms with Gasteiger partial charge in [-0.3, -0.25) is 4.79 Å². The molecule has 1 atom stereocenters. The standard InChI is InChI=1S/C16H19NO4S/c1-5-7-15(16(18)21-4)17(12-6-2)22(19,20)14-10-8-13(3)9-11-14/h2,5,8-11,15H,1,7,12H2,3-4H3/t15-/m0/s1. The van der Waals surface area contributed by atoms with Gasteiger partial charge in [-0.2, -0.15) is 4.31 Å². The maximum absolute atomic E-state index is 12.8. The number of benzene rings is 1. The van der Waals surface area contributed by atoms with E-state index >= 15 is 0 Å². The van der Waals surface area contributed by atoms with Gasteiger partial charge in [-0.05, 0) is 25.5 Å². The van der Waals surface area contributed by atoms with Crippen molar-refractivity contribution in [1.82, 2.24) is 4.31 Å². The second-order valence-electron chi connectivity index (χ2n) is 4.63. The molecule has 0 bridgehead atoms. The molecule has 0 radical (unpaired) electrons. The van der Waals surface area contributed by atoms with E-state index in [1.807, 2.05) is 6.92 Å². The van der Waals surface area contributed by atoms with Crippen LogP contribution in [0.5, 0.6) is 0 Å². The van der Waals surface area contributed by atoms with Gasteiger partial charge in [-0.25, -0.2) is 8.42 Å². The second kappa shape index (κ2) is 7.78. The monoisotopic (exact) mass is 321 g/mol. The van der Waals surface area contributed by atoms with E-state index in [2.05, 4.69) is 17.2 Å². The van der Waals surface area contributed by atoms with Crippen LogP contribution in [0.4, 0.5) is 0 Å². The zero-order valence-electron chi connectivity index (χ0n) is 12.7. The van der Waals surface area contributed by atoms with Crippen molar-refractivity contribution in [3.63, 3.8) is 0 Å². The van der Waals surface area contributed by atoms with Crippen LogP contribution in [-0.4, -0.2) is 38.4 Å². The highest BCUT2D eigenvalue weighted by Gasteiger charge is 2.35. The Labute approximate surface area is 131 Å². The highest BCUT2D eigenvalue weighted by molar-refractivity contribution is 7.89. The summed E-state index contributed by atoms with van der Waals surface area (Å²) >= 11 is 0. The molecule has 1 aromatic rings. The lowest BCUT2D eigenvalue weighted by Crippen LogP contribution is -2.45.